The number of hydrogen-bond acceptors (Lipinski definition) is 7. The molecule has 6 rings (SSSR count). The molecule has 0 spiro atoms. The Morgan fingerprint density at radius 1 is 1.16 bits per heavy atom. The summed E-state index contributed by atoms with van der Waals surface area (Å²) in [6.07, 6.45) is 7.70. The van der Waals surface area contributed by atoms with Crippen LogP contribution in [0.3, 0.4) is 0 Å². The number of fused-ring (bicyclic) bond motifs is 4. The van der Waals surface area contributed by atoms with E-state index in [4.69, 9.17) is 11.2 Å². The molecule has 0 saturated carbocycles. The van der Waals surface area contributed by atoms with Crippen LogP contribution in [0.4, 0.5) is 14.6 Å². The van der Waals surface area contributed by atoms with Gasteiger partial charge in [0.25, 0.3) is 0 Å². The molecule has 0 radical (unpaired) electrons. The van der Waals surface area contributed by atoms with Crippen molar-refractivity contribution >= 4 is 27.5 Å². The van der Waals surface area contributed by atoms with E-state index in [0.717, 1.165) is 12.8 Å². The lowest BCUT2D eigenvalue weighted by molar-refractivity contribution is 0.380. The Morgan fingerprint density at radius 3 is 2.59 bits per heavy atom. The van der Waals surface area contributed by atoms with Crippen molar-refractivity contribution in [1.82, 2.24) is 15.3 Å². The fourth-order valence-corrected chi connectivity index (χ4v) is 5.61. The summed E-state index contributed by atoms with van der Waals surface area (Å²) in [4.78, 5) is 10.9. The summed E-state index contributed by atoms with van der Waals surface area (Å²) in [5, 5.41) is 25.1. The van der Waals surface area contributed by atoms with Gasteiger partial charge in [-0.1, -0.05) is 12.0 Å². The minimum atomic E-state index is -0.812. The molecule has 37 heavy (non-hydrogen) atoms. The van der Waals surface area contributed by atoms with Gasteiger partial charge in [0, 0.05) is 41.5 Å². The molecule has 0 aliphatic carbocycles. The maximum atomic E-state index is 16.5. The van der Waals surface area contributed by atoms with Gasteiger partial charge in [-0.15, -0.1) is 6.42 Å². The quantitative estimate of drug-likeness (QED) is 0.409. The lowest BCUT2D eigenvalue weighted by atomic mass is 9.90. The van der Waals surface area contributed by atoms with Crippen LogP contribution in [0.5, 0.6) is 11.8 Å². The molecule has 7 nitrogen and oxygen atoms in total. The molecule has 184 valence electrons. The number of terminal acetylenes is 1. The molecule has 2 aliphatic rings. The molecule has 2 aliphatic heterocycles. The first-order chi connectivity index (χ1) is 17.9. The number of nitrogens with zero attached hydrogens (tertiary/aromatic N) is 4. The van der Waals surface area contributed by atoms with E-state index in [1.807, 2.05) is 0 Å². The summed E-state index contributed by atoms with van der Waals surface area (Å²) in [7, 11) is 1.40. The molecule has 2 bridgehead atoms. The van der Waals surface area contributed by atoms with Crippen molar-refractivity contribution in [2.45, 2.75) is 24.9 Å². The first-order valence-electron chi connectivity index (χ1n) is 11.8. The molecule has 2 atom stereocenters. The number of rotatable bonds is 3. The molecule has 3 aromatic carbocycles. The maximum absolute atomic E-state index is 16.5. The van der Waals surface area contributed by atoms with Gasteiger partial charge >= 0.3 is 6.01 Å². The molecule has 2 unspecified atom stereocenters. The van der Waals surface area contributed by atoms with Gasteiger partial charge in [-0.25, -0.2) is 8.78 Å². The van der Waals surface area contributed by atoms with Gasteiger partial charge in [0.2, 0.25) is 0 Å². The van der Waals surface area contributed by atoms with E-state index < -0.39 is 11.6 Å². The predicted octanol–water partition coefficient (Wildman–Crippen LogP) is 4.24. The van der Waals surface area contributed by atoms with Gasteiger partial charge < -0.3 is 20.1 Å². The van der Waals surface area contributed by atoms with Crippen molar-refractivity contribution in [2.24, 2.45) is 0 Å². The number of benzene rings is 3. The third kappa shape index (κ3) is 3.59. The zero-order chi connectivity index (χ0) is 25.8. The molecule has 3 heterocycles. The van der Waals surface area contributed by atoms with Crippen molar-refractivity contribution in [3.05, 3.63) is 53.1 Å². The number of halogens is 2. The zero-order valence-electron chi connectivity index (χ0n) is 19.8. The third-order valence-electron chi connectivity index (χ3n) is 7.17. The summed E-state index contributed by atoms with van der Waals surface area (Å²) >= 11 is 0. The van der Waals surface area contributed by atoms with E-state index >= 15 is 4.39 Å². The van der Waals surface area contributed by atoms with Crippen molar-refractivity contribution < 1.29 is 18.6 Å². The maximum Gasteiger partial charge on any atom is 0.318 e. The second-order valence-electron chi connectivity index (χ2n) is 9.36. The predicted molar refractivity (Wildman–Crippen MR) is 135 cm³/mol. The first-order valence-corrected chi connectivity index (χ1v) is 11.8. The summed E-state index contributed by atoms with van der Waals surface area (Å²) in [5.74, 6) is 1.15. The van der Waals surface area contributed by atoms with Crippen LogP contribution in [0.2, 0.25) is 0 Å². The smallest absolute Gasteiger partial charge is 0.318 e. The van der Waals surface area contributed by atoms with Crippen LogP contribution < -0.4 is 15.0 Å². The number of nitrogens with one attached hydrogen (secondary N) is 1. The minimum absolute atomic E-state index is 0.0148. The number of piperazine rings is 1. The fraction of sp³-hybridized carbons (Fsp3) is 0.250. The number of aromatic hydroxyl groups is 1. The molecule has 9 heteroatoms. The number of anilines is 1. The van der Waals surface area contributed by atoms with Crippen LogP contribution in [0.1, 0.15) is 24.0 Å². The number of phenolic OH excluding ortho intramolecular Hbond substituents is 1. The number of phenols is 1. The van der Waals surface area contributed by atoms with E-state index in [9.17, 15) is 14.8 Å². The molecule has 2 N–H and O–H groups in total. The van der Waals surface area contributed by atoms with Gasteiger partial charge in [0.15, 0.2) is 5.82 Å². The molecule has 2 saturated heterocycles. The highest BCUT2D eigenvalue weighted by Gasteiger charge is 2.34. The monoisotopic (exact) mass is 497 g/mol. The molecular weight excluding hydrogens is 476 g/mol. The average Bonchev–Trinajstić information content (AvgIpc) is 3.24. The Bertz CT molecular complexity index is 1680. The standard InChI is InChI=1S/C28H21F2N5O2/c1-3-19-22(29)7-4-14-8-18(36)10-20(23(14)19)24-15(11-31)9-21-26(25(24)30)33-28(37-2)34-27(21)35-12-16-5-6-17(13-35)32-16/h1,4,7-10,16-17,32,36H,5-6,12-13H2,2H3. The highest BCUT2D eigenvalue weighted by Crippen LogP contribution is 2.42. The van der Waals surface area contributed by atoms with Crippen LogP contribution >= 0.6 is 0 Å². The van der Waals surface area contributed by atoms with E-state index in [-0.39, 0.29) is 44.9 Å². The normalized spacial score (nSPS) is 18.7. The zero-order valence-corrected chi connectivity index (χ0v) is 19.8. The van der Waals surface area contributed by atoms with Crippen LogP contribution in [-0.4, -0.2) is 47.4 Å². The van der Waals surface area contributed by atoms with Crippen LogP contribution in [0.25, 0.3) is 32.8 Å². The summed E-state index contributed by atoms with van der Waals surface area (Å²) < 4.78 is 36.4. The van der Waals surface area contributed by atoms with Crippen molar-refractivity contribution in [3.8, 4) is 41.3 Å². The largest absolute Gasteiger partial charge is 0.508 e. The lowest BCUT2D eigenvalue weighted by Crippen LogP contribution is -2.51. The Morgan fingerprint density at radius 2 is 1.92 bits per heavy atom. The highest BCUT2D eigenvalue weighted by molar-refractivity contribution is 6.05. The van der Waals surface area contributed by atoms with Gasteiger partial charge in [-0.05, 0) is 48.1 Å². The fourth-order valence-electron chi connectivity index (χ4n) is 5.61. The van der Waals surface area contributed by atoms with E-state index in [0.29, 0.717) is 41.8 Å². The van der Waals surface area contributed by atoms with Crippen LogP contribution in [0.15, 0.2) is 30.3 Å². The van der Waals surface area contributed by atoms with Gasteiger partial charge in [0.05, 0.1) is 24.3 Å². The summed E-state index contributed by atoms with van der Waals surface area (Å²) in [6.45, 7) is 1.36. The number of methoxy groups -OCH3 is 1. The first kappa shape index (κ1) is 23.0. The van der Waals surface area contributed by atoms with Crippen LogP contribution in [0, 0.1) is 35.3 Å². The van der Waals surface area contributed by atoms with Gasteiger partial charge in [0.1, 0.15) is 22.9 Å². The van der Waals surface area contributed by atoms with Crippen molar-refractivity contribution in [1.29, 1.82) is 5.26 Å². The molecule has 2 fully saturated rings. The van der Waals surface area contributed by atoms with Gasteiger partial charge in [-0.2, -0.15) is 15.2 Å². The Balaban J connectivity index is 1.67. The molecule has 0 amide bonds. The number of hydrogen-bond donors (Lipinski definition) is 2. The number of aromatic nitrogens is 2. The van der Waals surface area contributed by atoms with Crippen LogP contribution in [-0.2, 0) is 0 Å². The van der Waals surface area contributed by atoms with E-state index in [1.54, 1.807) is 0 Å². The van der Waals surface area contributed by atoms with E-state index in [2.05, 4.69) is 32.2 Å². The molecular formula is C28H21F2N5O2. The Kier molecular flexibility index (Phi) is 5.32. The lowest BCUT2D eigenvalue weighted by Gasteiger charge is -2.34. The minimum Gasteiger partial charge on any atom is -0.508 e. The second kappa shape index (κ2) is 8.58. The topological polar surface area (TPSA) is 94.3 Å². The number of ether oxygens (including phenoxy) is 1. The van der Waals surface area contributed by atoms with E-state index in [1.165, 1.54) is 37.4 Å². The second-order valence-corrected chi connectivity index (χ2v) is 9.36. The molecule has 4 aromatic rings. The molecule has 1 aromatic heterocycles. The SMILES string of the molecule is C#Cc1c(F)ccc2cc(O)cc(-c3c(C#N)cc4c(N5CC6CCC(C5)N6)nc(OC)nc4c3F)c12. The Labute approximate surface area is 211 Å². The summed E-state index contributed by atoms with van der Waals surface area (Å²) in [6, 6.07) is 9.51. The summed E-state index contributed by atoms with van der Waals surface area (Å²) in [5.41, 5.74) is -0.190. The van der Waals surface area contributed by atoms with Crippen molar-refractivity contribution in [2.75, 3.05) is 25.1 Å². The van der Waals surface area contributed by atoms with Gasteiger partial charge in [-0.3, -0.25) is 0 Å². The van der Waals surface area contributed by atoms with Crippen molar-refractivity contribution in [3.63, 3.8) is 0 Å². The third-order valence-corrected chi connectivity index (χ3v) is 7.17. The number of nitriles is 1. The average molecular weight is 498 g/mol. The Hall–Kier alpha value is -4.47. The highest BCUT2D eigenvalue weighted by atomic mass is 19.1.